The van der Waals surface area contributed by atoms with E-state index >= 15 is 0 Å². The maximum absolute atomic E-state index is 11.8. The first-order valence-corrected chi connectivity index (χ1v) is 5.82. The summed E-state index contributed by atoms with van der Waals surface area (Å²) in [6.07, 6.45) is 0.921. The number of amides is 1. The molecule has 0 saturated carbocycles. The van der Waals surface area contributed by atoms with E-state index in [-0.39, 0.29) is 30.8 Å². The molecule has 1 aliphatic heterocycles. The Morgan fingerprint density at radius 1 is 1.62 bits per heavy atom. The Kier molecular flexibility index (Phi) is 5.18. The number of hydrogen-bond donors (Lipinski definition) is 2. The molecular formula is C11H22N2O3. The minimum atomic E-state index is -0.247. The fraction of sp³-hybridized carbons (Fsp3) is 0.909. The summed E-state index contributed by atoms with van der Waals surface area (Å²) in [5.41, 5.74) is 5.62. The summed E-state index contributed by atoms with van der Waals surface area (Å²) in [4.78, 5) is 13.6. The van der Waals surface area contributed by atoms with Crippen molar-refractivity contribution in [3.63, 3.8) is 0 Å². The third-order valence-corrected chi connectivity index (χ3v) is 2.70. The van der Waals surface area contributed by atoms with Gasteiger partial charge in [0.2, 0.25) is 5.91 Å². The van der Waals surface area contributed by atoms with Crippen LogP contribution in [-0.4, -0.2) is 53.9 Å². The fourth-order valence-corrected chi connectivity index (χ4v) is 1.86. The predicted molar refractivity (Wildman–Crippen MR) is 60.9 cm³/mol. The summed E-state index contributed by atoms with van der Waals surface area (Å²) in [6.45, 7) is 4.85. The molecular weight excluding hydrogens is 208 g/mol. The second-order valence-corrected chi connectivity index (χ2v) is 4.57. The Bertz CT molecular complexity index is 233. The maximum Gasteiger partial charge on any atom is 0.222 e. The SMILES string of the molecule is CC(N)CCC(=O)N1CC(C)OC(CO)C1. The van der Waals surface area contributed by atoms with Gasteiger partial charge in [-0.25, -0.2) is 0 Å². The molecule has 0 bridgehead atoms. The zero-order chi connectivity index (χ0) is 12.1. The smallest absolute Gasteiger partial charge is 0.222 e. The van der Waals surface area contributed by atoms with Crippen molar-refractivity contribution < 1.29 is 14.6 Å². The third kappa shape index (κ3) is 4.08. The van der Waals surface area contributed by atoms with E-state index in [1.807, 2.05) is 13.8 Å². The van der Waals surface area contributed by atoms with Crippen LogP contribution in [0.1, 0.15) is 26.7 Å². The second kappa shape index (κ2) is 6.18. The molecule has 1 fully saturated rings. The summed E-state index contributed by atoms with van der Waals surface area (Å²) in [6, 6.07) is 0.0519. The zero-order valence-corrected chi connectivity index (χ0v) is 10.1. The molecule has 0 aliphatic carbocycles. The first kappa shape index (κ1) is 13.4. The molecule has 3 unspecified atom stereocenters. The average Bonchev–Trinajstić information content (AvgIpc) is 2.24. The van der Waals surface area contributed by atoms with Crippen molar-refractivity contribution in [3.8, 4) is 0 Å². The quantitative estimate of drug-likeness (QED) is 0.696. The first-order chi connectivity index (χ1) is 7.52. The number of rotatable bonds is 4. The van der Waals surface area contributed by atoms with Gasteiger partial charge in [0, 0.05) is 25.6 Å². The summed E-state index contributed by atoms with van der Waals surface area (Å²) in [7, 11) is 0. The van der Waals surface area contributed by atoms with Crippen LogP contribution in [0.15, 0.2) is 0 Å². The summed E-state index contributed by atoms with van der Waals surface area (Å²) < 4.78 is 5.47. The first-order valence-electron chi connectivity index (χ1n) is 5.82. The van der Waals surface area contributed by atoms with Gasteiger partial charge in [-0.3, -0.25) is 4.79 Å². The van der Waals surface area contributed by atoms with E-state index in [0.717, 1.165) is 0 Å². The van der Waals surface area contributed by atoms with E-state index in [0.29, 0.717) is 25.9 Å². The number of aliphatic hydroxyl groups excluding tert-OH is 1. The number of carbonyl (C=O) groups is 1. The summed E-state index contributed by atoms with van der Waals surface area (Å²) in [5.74, 6) is 0.103. The Balaban J connectivity index is 2.42. The number of aliphatic hydroxyl groups is 1. The van der Waals surface area contributed by atoms with E-state index in [2.05, 4.69) is 0 Å². The molecule has 0 aromatic carbocycles. The number of nitrogens with two attached hydrogens (primary N) is 1. The molecule has 16 heavy (non-hydrogen) atoms. The molecule has 5 heteroatoms. The van der Waals surface area contributed by atoms with Crippen LogP contribution in [0, 0.1) is 0 Å². The topological polar surface area (TPSA) is 75.8 Å². The summed E-state index contributed by atoms with van der Waals surface area (Å²) in [5, 5.41) is 9.04. The Morgan fingerprint density at radius 2 is 2.31 bits per heavy atom. The van der Waals surface area contributed by atoms with Gasteiger partial charge < -0.3 is 20.5 Å². The van der Waals surface area contributed by atoms with Gasteiger partial charge in [0.1, 0.15) is 0 Å². The second-order valence-electron chi connectivity index (χ2n) is 4.57. The highest BCUT2D eigenvalue weighted by atomic mass is 16.5. The highest BCUT2D eigenvalue weighted by Crippen LogP contribution is 2.12. The molecule has 0 aromatic heterocycles. The number of nitrogens with zero attached hydrogens (tertiary/aromatic N) is 1. The van der Waals surface area contributed by atoms with Crippen LogP contribution in [0.5, 0.6) is 0 Å². The lowest BCUT2D eigenvalue weighted by molar-refractivity contribution is -0.147. The van der Waals surface area contributed by atoms with Crippen LogP contribution in [0.3, 0.4) is 0 Å². The molecule has 3 N–H and O–H groups in total. The maximum atomic E-state index is 11.8. The van der Waals surface area contributed by atoms with Crippen molar-refractivity contribution in [1.29, 1.82) is 0 Å². The van der Waals surface area contributed by atoms with E-state index in [1.165, 1.54) is 0 Å². The number of carbonyl (C=O) groups excluding carboxylic acids is 1. The van der Waals surface area contributed by atoms with Gasteiger partial charge in [0.25, 0.3) is 0 Å². The molecule has 0 aromatic rings. The van der Waals surface area contributed by atoms with Crippen LogP contribution < -0.4 is 5.73 Å². The molecule has 0 radical (unpaired) electrons. The normalized spacial score (nSPS) is 27.9. The van der Waals surface area contributed by atoms with Crippen LogP contribution in [0.2, 0.25) is 0 Å². The Hall–Kier alpha value is -0.650. The molecule has 94 valence electrons. The molecule has 5 nitrogen and oxygen atoms in total. The predicted octanol–water partition coefficient (Wildman–Crippen LogP) is -0.278. The monoisotopic (exact) mass is 230 g/mol. The number of ether oxygens (including phenoxy) is 1. The number of morpholine rings is 1. The zero-order valence-electron chi connectivity index (χ0n) is 10.1. The molecule has 1 heterocycles. The van der Waals surface area contributed by atoms with Gasteiger partial charge in [0.05, 0.1) is 18.8 Å². The van der Waals surface area contributed by atoms with Gasteiger partial charge in [-0.2, -0.15) is 0 Å². The summed E-state index contributed by atoms with van der Waals surface area (Å²) >= 11 is 0. The van der Waals surface area contributed by atoms with Crippen LogP contribution in [0.25, 0.3) is 0 Å². The van der Waals surface area contributed by atoms with Crippen molar-refractivity contribution in [2.75, 3.05) is 19.7 Å². The van der Waals surface area contributed by atoms with Gasteiger partial charge in [-0.05, 0) is 20.3 Å². The lowest BCUT2D eigenvalue weighted by Gasteiger charge is -2.36. The Morgan fingerprint density at radius 3 is 2.88 bits per heavy atom. The van der Waals surface area contributed by atoms with Crippen molar-refractivity contribution in [2.45, 2.75) is 44.9 Å². The van der Waals surface area contributed by atoms with E-state index < -0.39 is 0 Å². The molecule has 3 atom stereocenters. The van der Waals surface area contributed by atoms with Crippen LogP contribution in [-0.2, 0) is 9.53 Å². The molecule has 1 amide bonds. The standard InChI is InChI=1S/C11H22N2O3/c1-8(12)3-4-11(15)13-5-9(2)16-10(6-13)7-14/h8-10,14H,3-7,12H2,1-2H3. The highest BCUT2D eigenvalue weighted by molar-refractivity contribution is 5.76. The number of hydrogen-bond acceptors (Lipinski definition) is 4. The molecule has 1 aliphatic rings. The largest absolute Gasteiger partial charge is 0.394 e. The van der Waals surface area contributed by atoms with Crippen LogP contribution >= 0.6 is 0 Å². The lowest BCUT2D eigenvalue weighted by Crippen LogP contribution is -2.50. The minimum absolute atomic E-state index is 0.00912. The fourth-order valence-electron chi connectivity index (χ4n) is 1.86. The van der Waals surface area contributed by atoms with Crippen molar-refractivity contribution in [2.24, 2.45) is 5.73 Å². The lowest BCUT2D eigenvalue weighted by atomic mass is 10.1. The van der Waals surface area contributed by atoms with Crippen LogP contribution in [0.4, 0.5) is 0 Å². The van der Waals surface area contributed by atoms with E-state index in [1.54, 1.807) is 4.90 Å². The minimum Gasteiger partial charge on any atom is -0.394 e. The van der Waals surface area contributed by atoms with Gasteiger partial charge >= 0.3 is 0 Å². The van der Waals surface area contributed by atoms with Gasteiger partial charge in [-0.1, -0.05) is 0 Å². The van der Waals surface area contributed by atoms with Gasteiger partial charge in [-0.15, -0.1) is 0 Å². The average molecular weight is 230 g/mol. The third-order valence-electron chi connectivity index (χ3n) is 2.70. The molecule has 1 rings (SSSR count). The van der Waals surface area contributed by atoms with E-state index in [4.69, 9.17) is 15.6 Å². The van der Waals surface area contributed by atoms with Crippen molar-refractivity contribution in [1.82, 2.24) is 4.90 Å². The van der Waals surface area contributed by atoms with Crippen molar-refractivity contribution >= 4 is 5.91 Å². The Labute approximate surface area is 96.6 Å². The van der Waals surface area contributed by atoms with Gasteiger partial charge in [0.15, 0.2) is 0 Å². The molecule has 1 saturated heterocycles. The van der Waals surface area contributed by atoms with Crippen molar-refractivity contribution in [3.05, 3.63) is 0 Å². The van der Waals surface area contributed by atoms with E-state index in [9.17, 15) is 4.79 Å². The highest BCUT2D eigenvalue weighted by Gasteiger charge is 2.27. The molecule has 0 spiro atoms.